The monoisotopic (exact) mass is 369 g/mol. The quantitative estimate of drug-likeness (QED) is 0.876. The van der Waals surface area contributed by atoms with E-state index in [0.29, 0.717) is 10.2 Å². The molecule has 1 N–H and O–H groups in total. The van der Waals surface area contributed by atoms with Gasteiger partial charge in [0.1, 0.15) is 5.75 Å². The number of nitrogens with one attached hydrogen (secondary N) is 1. The molecular formula is C12H14F3N3O3S2. The van der Waals surface area contributed by atoms with Crippen molar-refractivity contribution in [2.75, 3.05) is 19.8 Å². The number of sulfonamides is 1. The standard InChI is InChI=1S/C12H14F3N3O3S2/c1-17(2)23(19,20)6-5-18-9-4-3-8(21-12(13,14)15)7-10(9)22-11(18)16/h3-4,7,16H,5-6H2,1-2H3. The number of hydrogen-bond acceptors (Lipinski definition) is 5. The van der Waals surface area contributed by atoms with Gasteiger partial charge in [0.15, 0.2) is 4.80 Å². The lowest BCUT2D eigenvalue weighted by Gasteiger charge is -2.12. The number of nitrogens with zero attached hydrogens (tertiary/aromatic N) is 2. The number of thiazole rings is 1. The molecule has 6 nitrogen and oxygen atoms in total. The minimum absolute atomic E-state index is 0.0405. The molecule has 0 amide bonds. The molecule has 0 atom stereocenters. The Kier molecular flexibility index (Phi) is 4.74. The molecule has 2 aromatic rings. The molecule has 0 aliphatic rings. The van der Waals surface area contributed by atoms with Crippen molar-refractivity contribution < 1.29 is 26.3 Å². The number of rotatable bonds is 5. The number of fused-ring (bicyclic) bond motifs is 1. The molecule has 0 spiro atoms. The summed E-state index contributed by atoms with van der Waals surface area (Å²) >= 11 is 0.952. The van der Waals surface area contributed by atoms with Gasteiger partial charge in [0.2, 0.25) is 10.0 Å². The predicted octanol–water partition coefficient (Wildman–Crippen LogP) is 1.97. The van der Waals surface area contributed by atoms with Crippen molar-refractivity contribution in [1.82, 2.24) is 8.87 Å². The average Bonchev–Trinajstić information content (AvgIpc) is 2.69. The molecule has 0 saturated carbocycles. The summed E-state index contributed by atoms with van der Waals surface area (Å²) in [6, 6.07) is 3.70. The van der Waals surface area contributed by atoms with E-state index in [1.807, 2.05) is 0 Å². The second-order valence-corrected chi connectivity index (χ2v) is 8.17. The van der Waals surface area contributed by atoms with Gasteiger partial charge in [-0.05, 0) is 18.2 Å². The van der Waals surface area contributed by atoms with Gasteiger partial charge < -0.3 is 9.30 Å². The smallest absolute Gasteiger partial charge is 0.406 e. The third-order valence-corrected chi connectivity index (χ3v) is 5.81. The fourth-order valence-corrected chi connectivity index (χ4v) is 3.62. The van der Waals surface area contributed by atoms with E-state index < -0.39 is 16.4 Å². The molecule has 2 rings (SSSR count). The zero-order chi connectivity index (χ0) is 17.4. The minimum atomic E-state index is -4.79. The Bertz CT molecular complexity index is 869. The first-order valence-electron chi connectivity index (χ1n) is 6.33. The number of hydrogen-bond donors (Lipinski definition) is 1. The summed E-state index contributed by atoms with van der Waals surface area (Å²) in [6.07, 6.45) is -4.79. The molecule has 23 heavy (non-hydrogen) atoms. The number of aryl methyl sites for hydroxylation is 1. The van der Waals surface area contributed by atoms with Crippen molar-refractivity contribution in [3.05, 3.63) is 23.0 Å². The van der Waals surface area contributed by atoms with E-state index in [1.165, 1.54) is 30.8 Å². The zero-order valence-electron chi connectivity index (χ0n) is 12.2. The highest BCUT2D eigenvalue weighted by molar-refractivity contribution is 7.89. The Morgan fingerprint density at radius 2 is 2.00 bits per heavy atom. The topological polar surface area (TPSA) is 75.4 Å². The van der Waals surface area contributed by atoms with Crippen molar-refractivity contribution in [2.24, 2.45) is 0 Å². The predicted molar refractivity (Wildman–Crippen MR) is 79.8 cm³/mol. The van der Waals surface area contributed by atoms with Gasteiger partial charge in [-0.15, -0.1) is 13.2 Å². The highest BCUT2D eigenvalue weighted by atomic mass is 32.2. The molecule has 0 radical (unpaired) electrons. The van der Waals surface area contributed by atoms with Crippen LogP contribution in [0.25, 0.3) is 10.2 Å². The van der Waals surface area contributed by atoms with E-state index in [-0.39, 0.29) is 22.8 Å². The van der Waals surface area contributed by atoms with Gasteiger partial charge >= 0.3 is 6.36 Å². The molecule has 1 heterocycles. The molecule has 1 aromatic heterocycles. The van der Waals surface area contributed by atoms with Crippen LogP contribution in [0.15, 0.2) is 18.2 Å². The van der Waals surface area contributed by atoms with E-state index in [4.69, 9.17) is 5.41 Å². The Morgan fingerprint density at radius 3 is 2.57 bits per heavy atom. The first-order valence-corrected chi connectivity index (χ1v) is 8.76. The molecule has 0 unspecified atom stereocenters. The fraction of sp³-hybridized carbons (Fsp3) is 0.417. The van der Waals surface area contributed by atoms with E-state index >= 15 is 0 Å². The summed E-state index contributed by atoms with van der Waals surface area (Å²) < 4.78 is 67.0. The largest absolute Gasteiger partial charge is 0.573 e. The van der Waals surface area contributed by atoms with Gasteiger partial charge in [-0.2, -0.15) is 0 Å². The molecule has 11 heteroatoms. The molecule has 0 saturated heterocycles. The summed E-state index contributed by atoms with van der Waals surface area (Å²) in [4.78, 5) is 0.0538. The van der Waals surface area contributed by atoms with Crippen LogP contribution in [0.5, 0.6) is 5.75 Å². The Morgan fingerprint density at radius 1 is 1.35 bits per heavy atom. The summed E-state index contributed by atoms with van der Waals surface area (Å²) in [7, 11) is -0.610. The molecule has 1 aromatic carbocycles. The van der Waals surface area contributed by atoms with Crippen molar-refractivity contribution in [2.45, 2.75) is 12.9 Å². The van der Waals surface area contributed by atoms with Gasteiger partial charge in [0.05, 0.1) is 16.0 Å². The maximum absolute atomic E-state index is 12.2. The maximum Gasteiger partial charge on any atom is 0.573 e. The molecule has 0 aliphatic heterocycles. The number of benzene rings is 1. The second kappa shape index (κ2) is 6.13. The first-order chi connectivity index (χ1) is 10.5. The molecule has 128 valence electrons. The van der Waals surface area contributed by atoms with Crippen LogP contribution < -0.4 is 9.54 Å². The van der Waals surface area contributed by atoms with Crippen LogP contribution in [-0.2, 0) is 16.6 Å². The van der Waals surface area contributed by atoms with E-state index in [0.717, 1.165) is 21.7 Å². The van der Waals surface area contributed by atoms with Crippen molar-refractivity contribution in [3.63, 3.8) is 0 Å². The SMILES string of the molecule is CN(C)S(=O)(=O)CCn1c(=N)sc2cc(OC(F)(F)F)ccc21. The van der Waals surface area contributed by atoms with Crippen LogP contribution in [-0.4, -0.2) is 43.5 Å². The first kappa shape index (κ1) is 17.8. The van der Waals surface area contributed by atoms with Crippen molar-refractivity contribution >= 4 is 31.6 Å². The number of aromatic nitrogens is 1. The van der Waals surface area contributed by atoms with Crippen LogP contribution in [0.4, 0.5) is 13.2 Å². The highest BCUT2D eigenvalue weighted by Crippen LogP contribution is 2.27. The Balaban J connectivity index is 2.32. The van der Waals surface area contributed by atoms with Crippen LogP contribution in [0.2, 0.25) is 0 Å². The van der Waals surface area contributed by atoms with Crippen molar-refractivity contribution in [1.29, 1.82) is 5.41 Å². The van der Waals surface area contributed by atoms with Crippen LogP contribution in [0.3, 0.4) is 0 Å². The Labute approximate surface area is 134 Å². The average molecular weight is 369 g/mol. The lowest BCUT2D eigenvalue weighted by atomic mass is 10.3. The summed E-state index contributed by atoms with van der Waals surface area (Å²) in [5, 5.41) is 7.87. The molecular weight excluding hydrogens is 355 g/mol. The number of ether oxygens (including phenoxy) is 1. The van der Waals surface area contributed by atoms with Gasteiger partial charge in [-0.3, -0.25) is 5.41 Å². The lowest BCUT2D eigenvalue weighted by Crippen LogP contribution is -2.29. The number of halogens is 3. The van der Waals surface area contributed by atoms with E-state index in [9.17, 15) is 21.6 Å². The third kappa shape index (κ3) is 4.24. The minimum Gasteiger partial charge on any atom is -0.406 e. The summed E-state index contributed by atoms with van der Waals surface area (Å²) in [5.41, 5.74) is 0.489. The lowest BCUT2D eigenvalue weighted by molar-refractivity contribution is -0.274. The fourth-order valence-electron chi connectivity index (χ4n) is 1.88. The van der Waals surface area contributed by atoms with Gasteiger partial charge in [0.25, 0.3) is 0 Å². The van der Waals surface area contributed by atoms with E-state index in [2.05, 4.69) is 4.74 Å². The highest BCUT2D eigenvalue weighted by Gasteiger charge is 2.31. The molecule has 0 fully saturated rings. The normalized spacial score (nSPS) is 13.0. The zero-order valence-corrected chi connectivity index (χ0v) is 13.8. The van der Waals surface area contributed by atoms with E-state index in [1.54, 1.807) is 0 Å². The molecule has 0 bridgehead atoms. The summed E-state index contributed by atoms with van der Waals surface area (Å²) in [6.45, 7) is 0.0405. The van der Waals surface area contributed by atoms with Crippen LogP contribution in [0.1, 0.15) is 0 Å². The third-order valence-electron chi connectivity index (χ3n) is 3.04. The Hall–Kier alpha value is -1.59. The van der Waals surface area contributed by atoms with Crippen LogP contribution >= 0.6 is 11.3 Å². The van der Waals surface area contributed by atoms with Gasteiger partial charge in [0, 0.05) is 20.6 Å². The van der Waals surface area contributed by atoms with Crippen LogP contribution in [0, 0.1) is 5.41 Å². The summed E-state index contributed by atoms with van der Waals surface area (Å²) in [5.74, 6) is -0.581. The van der Waals surface area contributed by atoms with Gasteiger partial charge in [-0.25, -0.2) is 12.7 Å². The van der Waals surface area contributed by atoms with Gasteiger partial charge in [-0.1, -0.05) is 11.3 Å². The maximum atomic E-state index is 12.2. The molecule has 0 aliphatic carbocycles. The van der Waals surface area contributed by atoms with Crippen molar-refractivity contribution in [3.8, 4) is 5.75 Å². The number of alkyl halides is 3. The second-order valence-electron chi connectivity index (χ2n) is 4.83.